The van der Waals surface area contributed by atoms with Gasteiger partial charge in [0.05, 0.1) is 0 Å². The Balaban J connectivity index is 1.92. The van der Waals surface area contributed by atoms with Crippen LogP contribution in [0, 0.1) is 11.8 Å². The van der Waals surface area contributed by atoms with Crippen LogP contribution >= 0.6 is 0 Å². The van der Waals surface area contributed by atoms with Gasteiger partial charge in [-0.25, -0.2) is 4.79 Å². The maximum Gasteiger partial charge on any atom is 0.329 e. The van der Waals surface area contributed by atoms with E-state index in [1.54, 1.807) is 4.90 Å². The van der Waals surface area contributed by atoms with Crippen LogP contribution in [0.25, 0.3) is 0 Å². The summed E-state index contributed by atoms with van der Waals surface area (Å²) in [5, 5.41) is 2.89. The average Bonchev–Trinajstić information content (AvgIpc) is 2.75. The summed E-state index contributed by atoms with van der Waals surface area (Å²) >= 11 is 0. The number of nitrogens with one attached hydrogen (secondary N) is 1. The molecule has 6 nitrogen and oxygen atoms in total. The lowest BCUT2D eigenvalue weighted by Crippen LogP contribution is -2.50. The summed E-state index contributed by atoms with van der Waals surface area (Å²) in [6, 6.07) is 8.79. The zero-order chi connectivity index (χ0) is 20.5. The highest BCUT2D eigenvalue weighted by Gasteiger charge is 2.32. The highest BCUT2D eigenvalue weighted by atomic mass is 16.5. The number of rotatable bonds is 8. The van der Waals surface area contributed by atoms with E-state index in [1.807, 2.05) is 44.2 Å². The highest BCUT2D eigenvalue weighted by Crippen LogP contribution is 2.19. The number of carbonyl (C=O) groups excluding carboxylic acids is 3. The normalized spacial score (nSPS) is 16.7. The molecule has 0 bridgehead atoms. The quantitative estimate of drug-likeness (QED) is 0.551. The molecule has 28 heavy (non-hydrogen) atoms. The molecule has 2 rings (SSSR count). The van der Waals surface area contributed by atoms with Crippen LogP contribution < -0.4 is 5.32 Å². The van der Waals surface area contributed by atoms with Crippen molar-refractivity contribution in [1.29, 1.82) is 0 Å². The highest BCUT2D eigenvalue weighted by molar-refractivity contribution is 5.88. The third-order valence-corrected chi connectivity index (χ3v) is 5.34. The lowest BCUT2D eigenvalue weighted by Gasteiger charge is -2.32. The van der Waals surface area contributed by atoms with E-state index >= 15 is 0 Å². The maximum absolute atomic E-state index is 12.7. The molecule has 2 atom stereocenters. The van der Waals surface area contributed by atoms with E-state index in [1.165, 1.54) is 6.08 Å². The molecule has 1 N–H and O–H groups in total. The monoisotopic (exact) mass is 386 g/mol. The first-order valence-corrected chi connectivity index (χ1v) is 9.88. The van der Waals surface area contributed by atoms with Crippen LogP contribution in [0.5, 0.6) is 0 Å². The first kappa shape index (κ1) is 21.7. The molecule has 1 aromatic rings. The van der Waals surface area contributed by atoms with Crippen LogP contribution in [0.3, 0.4) is 0 Å². The van der Waals surface area contributed by atoms with E-state index in [0.717, 1.165) is 12.0 Å². The molecule has 1 heterocycles. The number of esters is 1. The Labute approximate surface area is 166 Å². The number of benzene rings is 1. The Bertz CT molecular complexity index is 681. The van der Waals surface area contributed by atoms with Gasteiger partial charge < -0.3 is 15.0 Å². The molecule has 1 aliphatic heterocycles. The molecular weight excluding hydrogens is 356 g/mol. The molecule has 0 unspecified atom stereocenters. The molecule has 0 aliphatic carbocycles. The summed E-state index contributed by atoms with van der Waals surface area (Å²) < 4.78 is 5.45. The Hall–Kier alpha value is -2.63. The number of amides is 2. The van der Waals surface area contributed by atoms with Crippen molar-refractivity contribution in [2.24, 2.45) is 11.8 Å². The molecule has 6 heteroatoms. The molecule has 0 spiro atoms. The van der Waals surface area contributed by atoms with Gasteiger partial charge in [0, 0.05) is 19.0 Å². The molecule has 0 aromatic heterocycles. The van der Waals surface area contributed by atoms with Gasteiger partial charge in [-0.2, -0.15) is 0 Å². The predicted molar refractivity (Wildman–Crippen MR) is 107 cm³/mol. The molecule has 0 saturated carbocycles. The van der Waals surface area contributed by atoms with E-state index in [4.69, 9.17) is 4.74 Å². The Kier molecular flexibility index (Phi) is 8.23. The number of hydrogen-bond acceptors (Lipinski definition) is 4. The van der Waals surface area contributed by atoms with Gasteiger partial charge in [0.25, 0.3) is 0 Å². The second-order valence-corrected chi connectivity index (χ2v) is 7.27. The summed E-state index contributed by atoms with van der Waals surface area (Å²) in [5.74, 6) is -0.906. The minimum Gasteiger partial charge on any atom is -0.459 e. The van der Waals surface area contributed by atoms with E-state index in [-0.39, 0.29) is 30.3 Å². The third-order valence-electron chi connectivity index (χ3n) is 5.34. The van der Waals surface area contributed by atoms with Crippen molar-refractivity contribution >= 4 is 17.8 Å². The largest absolute Gasteiger partial charge is 0.459 e. The van der Waals surface area contributed by atoms with E-state index < -0.39 is 12.0 Å². The number of hydrogen-bond donors (Lipinski definition) is 1. The Morgan fingerprint density at radius 2 is 1.89 bits per heavy atom. The van der Waals surface area contributed by atoms with Crippen molar-refractivity contribution in [3.63, 3.8) is 0 Å². The van der Waals surface area contributed by atoms with Crippen molar-refractivity contribution in [3.05, 3.63) is 48.6 Å². The Morgan fingerprint density at radius 1 is 1.25 bits per heavy atom. The van der Waals surface area contributed by atoms with Crippen molar-refractivity contribution in [2.45, 2.75) is 45.8 Å². The van der Waals surface area contributed by atoms with Gasteiger partial charge in [-0.1, -0.05) is 57.2 Å². The van der Waals surface area contributed by atoms with E-state index in [0.29, 0.717) is 25.9 Å². The van der Waals surface area contributed by atoms with Gasteiger partial charge in [0.2, 0.25) is 11.8 Å². The van der Waals surface area contributed by atoms with Gasteiger partial charge in [0.1, 0.15) is 12.6 Å². The summed E-state index contributed by atoms with van der Waals surface area (Å²) in [6.07, 6.45) is 3.20. The topological polar surface area (TPSA) is 75.7 Å². The van der Waals surface area contributed by atoms with Crippen LogP contribution in [-0.2, 0) is 25.7 Å². The molecule has 152 valence electrons. The number of nitrogens with zero attached hydrogens (tertiary/aromatic N) is 1. The smallest absolute Gasteiger partial charge is 0.329 e. The van der Waals surface area contributed by atoms with E-state index in [9.17, 15) is 14.4 Å². The number of likely N-dealkylation sites (tertiary alicyclic amines) is 1. The fourth-order valence-corrected chi connectivity index (χ4v) is 3.25. The van der Waals surface area contributed by atoms with Crippen molar-refractivity contribution in [2.75, 3.05) is 13.1 Å². The summed E-state index contributed by atoms with van der Waals surface area (Å²) in [4.78, 5) is 38.7. The van der Waals surface area contributed by atoms with Gasteiger partial charge in [-0.3, -0.25) is 9.59 Å². The number of ether oxygens (including phenoxy) is 1. The first-order valence-electron chi connectivity index (χ1n) is 9.88. The minimum atomic E-state index is -0.672. The standard InChI is InChI=1S/C22H30N2O4/c1-4-16(3)20(22(27)28-15-17-9-7-6-8-10-17)23-21(26)18-11-13-24(14-12-18)19(25)5-2/h5-10,16,18,20H,2,4,11-15H2,1,3H3,(H,23,26)/t16-,20-/m0/s1. The second kappa shape index (κ2) is 10.6. The molecule has 2 amide bonds. The Morgan fingerprint density at radius 3 is 2.46 bits per heavy atom. The molecule has 1 aromatic carbocycles. The second-order valence-electron chi connectivity index (χ2n) is 7.27. The summed E-state index contributed by atoms with van der Waals surface area (Å²) in [7, 11) is 0. The van der Waals surface area contributed by atoms with E-state index in [2.05, 4.69) is 11.9 Å². The van der Waals surface area contributed by atoms with Gasteiger partial charge >= 0.3 is 5.97 Å². The van der Waals surface area contributed by atoms with Crippen LogP contribution in [0.15, 0.2) is 43.0 Å². The summed E-state index contributed by atoms with van der Waals surface area (Å²) in [5.41, 5.74) is 0.907. The van der Waals surface area contributed by atoms with Gasteiger partial charge in [-0.05, 0) is 30.4 Å². The molecule has 1 aliphatic rings. The van der Waals surface area contributed by atoms with Crippen LogP contribution in [0.1, 0.15) is 38.7 Å². The zero-order valence-corrected chi connectivity index (χ0v) is 16.7. The fourth-order valence-electron chi connectivity index (χ4n) is 3.25. The maximum atomic E-state index is 12.7. The first-order chi connectivity index (χ1) is 13.5. The van der Waals surface area contributed by atoms with Crippen LogP contribution in [0.2, 0.25) is 0 Å². The fraction of sp³-hybridized carbons (Fsp3) is 0.500. The van der Waals surface area contributed by atoms with Gasteiger partial charge in [-0.15, -0.1) is 0 Å². The van der Waals surface area contributed by atoms with Crippen LogP contribution in [-0.4, -0.2) is 41.8 Å². The molecule has 0 radical (unpaired) electrons. The molecule has 1 saturated heterocycles. The number of piperidine rings is 1. The number of carbonyl (C=O) groups is 3. The third kappa shape index (κ3) is 5.94. The van der Waals surface area contributed by atoms with Gasteiger partial charge in [0.15, 0.2) is 0 Å². The molecule has 1 fully saturated rings. The van der Waals surface area contributed by atoms with Crippen molar-refractivity contribution in [3.8, 4) is 0 Å². The lowest BCUT2D eigenvalue weighted by atomic mass is 9.93. The van der Waals surface area contributed by atoms with Crippen LogP contribution in [0.4, 0.5) is 0 Å². The van der Waals surface area contributed by atoms with Crippen molar-refractivity contribution < 1.29 is 19.1 Å². The zero-order valence-electron chi connectivity index (χ0n) is 16.7. The minimum absolute atomic E-state index is 0.0327. The SMILES string of the molecule is C=CC(=O)N1CCC(C(=O)N[C@H](C(=O)OCc2ccccc2)[C@@H](C)CC)CC1. The molecular formula is C22H30N2O4. The average molecular weight is 386 g/mol. The van der Waals surface area contributed by atoms with Crippen molar-refractivity contribution in [1.82, 2.24) is 10.2 Å². The summed E-state index contributed by atoms with van der Waals surface area (Å²) in [6.45, 7) is 8.64. The predicted octanol–water partition coefficient (Wildman–Crippen LogP) is 2.69. The lowest BCUT2D eigenvalue weighted by molar-refractivity contribution is -0.151.